The number of carbonyl (C=O) groups excluding carboxylic acids is 2. The SMILES string of the molecule is CC1=NN(c2cc(S(=O)(=O)[O-])cc(S(=O)(=O)[O-])c2)C(=O)\C1=C/C=C/C=C/C=C/C1C(=O)N(c2cc(S(=O)(=O)[O-])cc(S(=O)(=O)[O-])c2)N=C1C.[Na+].[Na+].[Na+].[Na+]. The van der Waals surface area contributed by atoms with Gasteiger partial charge in [-0.1, -0.05) is 36.5 Å². The predicted molar refractivity (Wildman–Crippen MR) is 165 cm³/mol. The molecule has 18 nitrogen and oxygen atoms in total. The molecule has 0 aliphatic carbocycles. The van der Waals surface area contributed by atoms with Gasteiger partial charge in [0.15, 0.2) is 0 Å². The number of hydrazone groups is 2. The number of nitrogens with zero attached hydrogens (tertiary/aromatic N) is 4. The van der Waals surface area contributed by atoms with Crippen LogP contribution in [0.2, 0.25) is 0 Å². The number of rotatable bonds is 10. The van der Waals surface area contributed by atoms with Crippen molar-refractivity contribution < 1.29 is 180 Å². The quantitative estimate of drug-likeness (QED) is 0.0929. The van der Waals surface area contributed by atoms with E-state index in [1.807, 2.05) is 0 Å². The average Bonchev–Trinajstić information content (AvgIpc) is 3.43. The molecule has 53 heavy (non-hydrogen) atoms. The van der Waals surface area contributed by atoms with E-state index in [9.17, 15) is 61.5 Å². The third-order valence-corrected chi connectivity index (χ3v) is 9.88. The van der Waals surface area contributed by atoms with E-state index in [2.05, 4.69) is 10.2 Å². The molecule has 2 aromatic carbocycles. The van der Waals surface area contributed by atoms with Gasteiger partial charge in [0.1, 0.15) is 40.5 Å². The first-order chi connectivity index (χ1) is 22.5. The van der Waals surface area contributed by atoms with Crippen molar-refractivity contribution in [1.29, 1.82) is 0 Å². The number of hydrogen-bond donors (Lipinski definition) is 0. The molecule has 1 atom stereocenters. The third-order valence-electron chi connectivity index (χ3n) is 6.63. The van der Waals surface area contributed by atoms with Crippen molar-refractivity contribution in [2.24, 2.45) is 16.1 Å². The Morgan fingerprint density at radius 2 is 0.943 bits per heavy atom. The van der Waals surface area contributed by atoms with Crippen LogP contribution in [0.4, 0.5) is 11.4 Å². The standard InChI is InChI=1S/C27H24N4O14S4.4Na/c1-16-24(26(32)30(28-16)18-10-20(46(34,35)36)14-21(11-18)47(37,38)39)8-6-4-3-5-7-9-25-17(2)29-31(27(25)33)19-12-22(48(40,41)42)15-23(13-19)49(43,44)45;;;;/h3-15,24H,1-2H3,(H,34,35,36)(H,37,38,39)(H,40,41,42)(H,43,44,45);;;;/q;4*+1/p-4/b4-3+,7-5+,8-6+,25-9-;;;;. The minimum absolute atomic E-state index is 0. The molecule has 0 saturated carbocycles. The average molecular weight is 845 g/mol. The summed E-state index contributed by atoms with van der Waals surface area (Å²) in [6.07, 6.45) is 9.94. The Morgan fingerprint density at radius 1 is 0.566 bits per heavy atom. The summed E-state index contributed by atoms with van der Waals surface area (Å²) in [5.41, 5.74) is -0.568. The summed E-state index contributed by atoms with van der Waals surface area (Å²) in [7, 11) is -20.8. The van der Waals surface area contributed by atoms with Gasteiger partial charge in [-0.15, -0.1) is 0 Å². The van der Waals surface area contributed by atoms with Crippen LogP contribution in [0, 0.1) is 5.92 Å². The van der Waals surface area contributed by atoms with Crippen LogP contribution in [0.15, 0.2) is 114 Å². The molecule has 1 unspecified atom stereocenters. The van der Waals surface area contributed by atoms with E-state index >= 15 is 0 Å². The first-order valence-corrected chi connectivity index (χ1v) is 18.8. The molecule has 260 valence electrons. The topological polar surface area (TPSA) is 294 Å². The van der Waals surface area contributed by atoms with Crippen LogP contribution in [-0.2, 0) is 50.1 Å². The Bertz CT molecular complexity index is 2330. The monoisotopic (exact) mass is 844 g/mol. The molecule has 0 aromatic heterocycles. The van der Waals surface area contributed by atoms with Gasteiger partial charge in [-0.2, -0.15) is 20.2 Å². The van der Waals surface area contributed by atoms with E-state index in [-0.39, 0.29) is 135 Å². The zero-order chi connectivity index (χ0) is 36.7. The van der Waals surface area contributed by atoms with Crippen molar-refractivity contribution >= 4 is 75.1 Å². The molecule has 0 bridgehead atoms. The maximum atomic E-state index is 13.0. The second-order valence-corrected chi connectivity index (χ2v) is 15.6. The zero-order valence-electron chi connectivity index (χ0n) is 28.7. The summed E-state index contributed by atoms with van der Waals surface area (Å²) in [6, 6.07) is 3.57. The molecule has 0 fully saturated rings. The summed E-state index contributed by atoms with van der Waals surface area (Å²) < 4.78 is 138. The summed E-state index contributed by atoms with van der Waals surface area (Å²) in [5.74, 6) is -2.59. The first kappa shape index (κ1) is 52.3. The van der Waals surface area contributed by atoms with E-state index in [1.165, 1.54) is 56.4 Å². The van der Waals surface area contributed by atoms with Gasteiger partial charge in [0.2, 0.25) is 0 Å². The number of carbonyl (C=O) groups is 2. The van der Waals surface area contributed by atoms with E-state index in [0.717, 1.165) is 0 Å². The van der Waals surface area contributed by atoms with E-state index in [0.29, 0.717) is 46.4 Å². The van der Waals surface area contributed by atoms with E-state index in [4.69, 9.17) is 0 Å². The second-order valence-electron chi connectivity index (χ2n) is 10.0. The maximum Gasteiger partial charge on any atom is 1.00 e. The molecule has 2 aliphatic rings. The van der Waals surface area contributed by atoms with Gasteiger partial charge in [-0.25, -0.2) is 33.7 Å². The van der Waals surface area contributed by atoms with Crippen LogP contribution in [0.5, 0.6) is 0 Å². The molecule has 2 aromatic rings. The van der Waals surface area contributed by atoms with Crippen LogP contribution in [0.25, 0.3) is 0 Å². The van der Waals surface area contributed by atoms with Crippen LogP contribution in [-0.4, -0.2) is 75.1 Å². The number of amides is 2. The van der Waals surface area contributed by atoms with Gasteiger partial charge in [-0.05, 0) is 56.3 Å². The number of hydrogen-bond acceptors (Lipinski definition) is 16. The minimum atomic E-state index is -5.21. The molecule has 2 aliphatic heterocycles. The fourth-order valence-electron chi connectivity index (χ4n) is 4.33. The molecule has 0 saturated heterocycles. The molecule has 0 spiro atoms. The van der Waals surface area contributed by atoms with Crippen LogP contribution >= 0.6 is 0 Å². The molecule has 0 N–H and O–H groups in total. The van der Waals surface area contributed by atoms with Gasteiger partial charge in [0, 0.05) is 0 Å². The molecular weight excluding hydrogens is 825 g/mol. The zero-order valence-corrected chi connectivity index (χ0v) is 40.0. The van der Waals surface area contributed by atoms with E-state index in [1.54, 1.807) is 0 Å². The first-order valence-electron chi connectivity index (χ1n) is 13.1. The van der Waals surface area contributed by atoms with Gasteiger partial charge in [-0.3, -0.25) is 9.59 Å². The number of allylic oxidation sites excluding steroid dienone is 6. The van der Waals surface area contributed by atoms with Gasteiger partial charge in [0.05, 0.1) is 53.9 Å². The maximum absolute atomic E-state index is 13.0. The molecule has 0 radical (unpaired) electrons. The van der Waals surface area contributed by atoms with Gasteiger partial charge >= 0.3 is 118 Å². The summed E-state index contributed by atoms with van der Waals surface area (Å²) in [4.78, 5) is 21.7. The van der Waals surface area contributed by atoms with Crippen molar-refractivity contribution in [1.82, 2.24) is 0 Å². The molecule has 26 heteroatoms. The normalized spacial score (nSPS) is 17.5. The summed E-state index contributed by atoms with van der Waals surface area (Å²) in [6.45, 7) is 2.86. The molecule has 2 heterocycles. The Balaban J connectivity index is 0.00000676. The minimum Gasteiger partial charge on any atom is -0.744 e. The Kier molecular flexibility index (Phi) is 19.9. The Labute approximate surface area is 393 Å². The van der Waals surface area contributed by atoms with Crippen molar-refractivity contribution in [3.63, 3.8) is 0 Å². The van der Waals surface area contributed by atoms with Gasteiger partial charge in [0.25, 0.3) is 11.8 Å². The van der Waals surface area contributed by atoms with Crippen molar-refractivity contribution in [3.8, 4) is 0 Å². The Hall–Kier alpha value is -0.680. The fraction of sp³-hybridized carbons (Fsp3) is 0.111. The number of benzene rings is 2. The van der Waals surface area contributed by atoms with Gasteiger partial charge < -0.3 is 18.2 Å². The smallest absolute Gasteiger partial charge is 0.744 e. The second kappa shape index (κ2) is 20.1. The molecular formula is C27H20N4Na4O14S4. The summed E-state index contributed by atoms with van der Waals surface area (Å²) >= 11 is 0. The van der Waals surface area contributed by atoms with Crippen molar-refractivity contribution in [3.05, 3.63) is 84.5 Å². The van der Waals surface area contributed by atoms with Crippen molar-refractivity contribution in [2.75, 3.05) is 10.0 Å². The number of anilines is 2. The predicted octanol–water partition coefficient (Wildman–Crippen LogP) is -11.3. The largest absolute Gasteiger partial charge is 1.00 e. The molecule has 2 amide bonds. The fourth-order valence-corrected chi connectivity index (χ4v) is 6.62. The Morgan fingerprint density at radius 3 is 1.36 bits per heavy atom. The third kappa shape index (κ3) is 13.2. The van der Waals surface area contributed by atoms with Crippen LogP contribution in [0.3, 0.4) is 0 Å². The molecule has 4 rings (SSSR count). The van der Waals surface area contributed by atoms with Crippen LogP contribution < -0.4 is 128 Å². The summed E-state index contributed by atoms with van der Waals surface area (Å²) in [5, 5.41) is 9.22. The van der Waals surface area contributed by atoms with Crippen molar-refractivity contribution in [2.45, 2.75) is 33.4 Å². The van der Waals surface area contributed by atoms with E-state index < -0.39 is 89.2 Å². The van der Waals surface area contributed by atoms with Crippen LogP contribution in [0.1, 0.15) is 13.8 Å².